The molecular weight excluding hydrogens is 262 g/mol. The second-order valence-corrected chi connectivity index (χ2v) is 6.21. The first-order valence-corrected chi connectivity index (χ1v) is 7.71. The minimum Gasteiger partial charge on any atom is -0.399 e. The summed E-state index contributed by atoms with van der Waals surface area (Å²) < 4.78 is 27.0. The van der Waals surface area contributed by atoms with Crippen LogP contribution < -0.4 is 10.5 Å². The molecule has 0 fully saturated rings. The monoisotopic (exact) mass is 281 g/mol. The first kappa shape index (κ1) is 15.5. The van der Waals surface area contributed by atoms with Gasteiger partial charge in [0.05, 0.1) is 10.5 Å². The predicted molar refractivity (Wildman–Crippen MR) is 74.9 cm³/mol. The highest BCUT2D eigenvalue weighted by Crippen LogP contribution is 2.18. The van der Waals surface area contributed by atoms with Gasteiger partial charge in [0.1, 0.15) is 6.07 Å². The molecule has 0 aromatic heterocycles. The Morgan fingerprint density at radius 3 is 2.74 bits per heavy atom. The van der Waals surface area contributed by atoms with E-state index < -0.39 is 10.0 Å². The zero-order valence-corrected chi connectivity index (χ0v) is 12.0. The second kappa shape index (κ2) is 6.55. The minimum absolute atomic E-state index is 0.0208. The van der Waals surface area contributed by atoms with Gasteiger partial charge in [-0.2, -0.15) is 5.26 Å². The molecule has 6 heteroatoms. The van der Waals surface area contributed by atoms with E-state index in [0.29, 0.717) is 5.69 Å². The Morgan fingerprint density at radius 1 is 1.47 bits per heavy atom. The molecule has 0 bridgehead atoms. The zero-order chi connectivity index (χ0) is 14.5. The number of nitriles is 1. The highest BCUT2D eigenvalue weighted by molar-refractivity contribution is 7.89. The molecule has 1 aromatic carbocycles. The van der Waals surface area contributed by atoms with Crippen LogP contribution in [0.3, 0.4) is 0 Å². The first-order valence-electron chi connectivity index (χ1n) is 6.22. The summed E-state index contributed by atoms with van der Waals surface area (Å²) in [5, 5.41) is 8.98. The van der Waals surface area contributed by atoms with Gasteiger partial charge in [-0.3, -0.25) is 0 Å². The normalized spacial score (nSPS) is 12.9. The highest BCUT2D eigenvalue weighted by atomic mass is 32.2. The number of rotatable bonds is 6. The smallest absolute Gasteiger partial charge is 0.242 e. The Kier molecular flexibility index (Phi) is 5.33. The lowest BCUT2D eigenvalue weighted by atomic mass is 10.2. The van der Waals surface area contributed by atoms with Crippen molar-refractivity contribution in [3.8, 4) is 6.07 Å². The maximum atomic E-state index is 12.2. The van der Waals surface area contributed by atoms with E-state index in [1.54, 1.807) is 0 Å². The third kappa shape index (κ3) is 4.23. The maximum absolute atomic E-state index is 12.2. The summed E-state index contributed by atoms with van der Waals surface area (Å²) in [5.74, 6) is 0. The van der Waals surface area contributed by atoms with Crippen LogP contribution >= 0.6 is 0 Å². The van der Waals surface area contributed by atoms with Crippen LogP contribution in [0.4, 0.5) is 5.69 Å². The number of hydrogen-bond donors (Lipinski definition) is 2. The van der Waals surface area contributed by atoms with Crippen LogP contribution in [0.1, 0.15) is 38.7 Å². The number of hydrogen-bond acceptors (Lipinski definition) is 4. The number of sulfonamides is 1. The Morgan fingerprint density at radius 2 is 2.16 bits per heavy atom. The molecule has 1 atom stereocenters. The second-order valence-electron chi connectivity index (χ2n) is 4.53. The van der Waals surface area contributed by atoms with E-state index in [1.165, 1.54) is 18.2 Å². The molecule has 1 unspecified atom stereocenters. The molecule has 0 aliphatic rings. The van der Waals surface area contributed by atoms with Crippen LogP contribution in [0.15, 0.2) is 23.1 Å². The maximum Gasteiger partial charge on any atom is 0.242 e. The Hall–Kier alpha value is -1.58. The van der Waals surface area contributed by atoms with Crippen LogP contribution in [-0.4, -0.2) is 14.5 Å². The molecule has 0 radical (unpaired) electrons. The molecule has 0 aliphatic carbocycles. The molecule has 0 saturated carbocycles. The number of anilines is 1. The van der Waals surface area contributed by atoms with E-state index in [4.69, 9.17) is 11.0 Å². The van der Waals surface area contributed by atoms with Gasteiger partial charge >= 0.3 is 0 Å². The summed E-state index contributed by atoms with van der Waals surface area (Å²) in [5.41, 5.74) is 5.98. The van der Waals surface area contributed by atoms with Crippen molar-refractivity contribution in [1.29, 1.82) is 5.26 Å². The average molecular weight is 281 g/mol. The number of nitrogens with two attached hydrogens (primary N) is 1. The molecule has 104 valence electrons. The molecule has 19 heavy (non-hydrogen) atoms. The number of nitrogens with one attached hydrogen (secondary N) is 1. The molecule has 5 nitrogen and oxygen atoms in total. The summed E-state index contributed by atoms with van der Waals surface area (Å²) in [6, 6.07) is 5.91. The Bertz CT molecular complexity index is 576. The topological polar surface area (TPSA) is 96.0 Å². The summed E-state index contributed by atoms with van der Waals surface area (Å²) >= 11 is 0. The van der Waals surface area contributed by atoms with Crippen molar-refractivity contribution in [2.24, 2.45) is 0 Å². The molecule has 3 N–H and O–H groups in total. The molecule has 0 saturated heterocycles. The molecule has 0 amide bonds. The van der Waals surface area contributed by atoms with E-state index >= 15 is 0 Å². The summed E-state index contributed by atoms with van der Waals surface area (Å²) in [6.07, 6.45) is 2.74. The standard InChI is InChI=1S/C13H19N3O2S/c1-3-4-5-10(2)16-19(17,18)13-7-6-12(15)8-11(13)9-14/h6-8,10,16H,3-5,15H2,1-2H3. The van der Waals surface area contributed by atoms with E-state index in [1.807, 2.05) is 13.0 Å². The lowest BCUT2D eigenvalue weighted by molar-refractivity contribution is 0.534. The van der Waals surface area contributed by atoms with Gasteiger partial charge in [-0.25, -0.2) is 13.1 Å². The fourth-order valence-electron chi connectivity index (χ4n) is 1.77. The summed E-state index contributed by atoms with van der Waals surface area (Å²) in [6.45, 7) is 3.87. The van der Waals surface area contributed by atoms with Gasteiger partial charge in [-0.05, 0) is 31.5 Å². The number of benzene rings is 1. The van der Waals surface area contributed by atoms with E-state index in [0.717, 1.165) is 19.3 Å². The molecule has 0 spiro atoms. The molecule has 1 aromatic rings. The van der Waals surface area contributed by atoms with Crippen molar-refractivity contribution in [2.45, 2.75) is 44.0 Å². The van der Waals surface area contributed by atoms with Crippen molar-refractivity contribution in [1.82, 2.24) is 4.72 Å². The van der Waals surface area contributed by atoms with Gasteiger partial charge < -0.3 is 5.73 Å². The number of nitrogen functional groups attached to an aromatic ring is 1. The average Bonchev–Trinajstić information content (AvgIpc) is 2.35. The van der Waals surface area contributed by atoms with Crippen LogP contribution in [-0.2, 0) is 10.0 Å². The van der Waals surface area contributed by atoms with Gasteiger partial charge in [-0.1, -0.05) is 19.8 Å². The van der Waals surface area contributed by atoms with Crippen molar-refractivity contribution in [2.75, 3.05) is 5.73 Å². The van der Waals surface area contributed by atoms with Crippen molar-refractivity contribution in [3.63, 3.8) is 0 Å². The van der Waals surface area contributed by atoms with E-state index in [-0.39, 0.29) is 16.5 Å². The number of unbranched alkanes of at least 4 members (excludes halogenated alkanes) is 1. The minimum atomic E-state index is -3.68. The third-order valence-electron chi connectivity index (χ3n) is 2.76. The third-order valence-corrected chi connectivity index (χ3v) is 4.41. The van der Waals surface area contributed by atoms with Gasteiger partial charge in [0.2, 0.25) is 10.0 Å². The van der Waals surface area contributed by atoms with Gasteiger partial charge in [0.25, 0.3) is 0 Å². The molecule has 1 rings (SSSR count). The van der Waals surface area contributed by atoms with Crippen molar-refractivity contribution >= 4 is 15.7 Å². The van der Waals surface area contributed by atoms with Crippen LogP contribution in [0.2, 0.25) is 0 Å². The fourth-order valence-corrected chi connectivity index (χ4v) is 3.18. The SMILES string of the molecule is CCCCC(C)NS(=O)(=O)c1ccc(N)cc1C#N. The molecule has 0 aliphatic heterocycles. The van der Waals surface area contributed by atoms with Gasteiger partial charge in [-0.15, -0.1) is 0 Å². The first-order chi connectivity index (χ1) is 8.90. The lowest BCUT2D eigenvalue weighted by Gasteiger charge is -2.14. The van der Waals surface area contributed by atoms with Crippen molar-refractivity contribution < 1.29 is 8.42 Å². The van der Waals surface area contributed by atoms with Crippen LogP contribution in [0, 0.1) is 11.3 Å². The van der Waals surface area contributed by atoms with Gasteiger partial charge in [0.15, 0.2) is 0 Å². The van der Waals surface area contributed by atoms with E-state index in [9.17, 15) is 8.42 Å². The van der Waals surface area contributed by atoms with Crippen molar-refractivity contribution in [3.05, 3.63) is 23.8 Å². The quantitative estimate of drug-likeness (QED) is 0.779. The highest BCUT2D eigenvalue weighted by Gasteiger charge is 2.20. The molecule has 0 heterocycles. The Balaban J connectivity index is 2.98. The summed E-state index contributed by atoms with van der Waals surface area (Å²) in [7, 11) is -3.68. The van der Waals surface area contributed by atoms with Crippen LogP contribution in [0.5, 0.6) is 0 Å². The zero-order valence-electron chi connectivity index (χ0n) is 11.2. The van der Waals surface area contributed by atoms with Gasteiger partial charge in [0, 0.05) is 11.7 Å². The number of nitrogens with zero attached hydrogens (tertiary/aromatic N) is 1. The Labute approximate surface area is 114 Å². The predicted octanol–water partition coefficient (Wildman–Crippen LogP) is 2.00. The summed E-state index contributed by atoms with van der Waals surface area (Å²) in [4.78, 5) is -0.0208. The lowest BCUT2D eigenvalue weighted by Crippen LogP contribution is -2.33. The van der Waals surface area contributed by atoms with E-state index in [2.05, 4.69) is 11.6 Å². The molecular formula is C13H19N3O2S. The largest absolute Gasteiger partial charge is 0.399 e. The fraction of sp³-hybridized carbons (Fsp3) is 0.462. The van der Waals surface area contributed by atoms with Crippen LogP contribution in [0.25, 0.3) is 0 Å².